The van der Waals surface area contributed by atoms with Crippen molar-refractivity contribution in [1.82, 2.24) is 15.0 Å². The van der Waals surface area contributed by atoms with Crippen molar-refractivity contribution in [3.8, 4) is 123 Å². The molecule has 0 aliphatic heterocycles. The zero-order valence-corrected chi connectivity index (χ0v) is 44.4. The molecule has 380 valence electrons. The molecular formula is C78H53N3. The summed E-state index contributed by atoms with van der Waals surface area (Å²) in [6.45, 7) is 0. The van der Waals surface area contributed by atoms with Gasteiger partial charge in [0.25, 0.3) is 0 Å². The maximum absolute atomic E-state index is 5.24. The standard InChI is InChI=1S/C78H53N3/c1-5-19-50(20-6-1)67-45-74(52-23-9-3-10-24-52)80-48-70(67)63-31-17-15-29-61(63)57-41-56(42-58(43-57)62-30-16-18-32-64(62)71-49-81-75(53-25-11-4-12-26-53)46-68(71)51-21-7-2-8-22-51)60-28-14-13-27-59(60)55-34-36-73(79-47-55)54-33-35-65-69(44-54)72-38-40-78(72)39-37-66-76(65)77(66)78/h1-49,66,72,76-77H. The average molecular weight is 1030 g/mol. The lowest BCUT2D eigenvalue weighted by Crippen LogP contribution is -2.35. The molecule has 1 spiro atoms. The van der Waals surface area contributed by atoms with Crippen LogP contribution in [0.5, 0.6) is 0 Å². The van der Waals surface area contributed by atoms with E-state index in [0.29, 0.717) is 17.8 Å². The third-order valence-electron chi connectivity index (χ3n) is 17.9. The van der Waals surface area contributed by atoms with Gasteiger partial charge < -0.3 is 0 Å². The number of hydrogen-bond acceptors (Lipinski definition) is 3. The number of hydrogen-bond donors (Lipinski definition) is 0. The number of pyridine rings is 3. The lowest BCUT2D eigenvalue weighted by Gasteiger charge is -2.45. The van der Waals surface area contributed by atoms with Crippen LogP contribution in [0.3, 0.4) is 0 Å². The predicted molar refractivity (Wildman–Crippen MR) is 333 cm³/mol. The first-order valence-corrected chi connectivity index (χ1v) is 28.3. The van der Waals surface area contributed by atoms with Gasteiger partial charge in [-0.1, -0.05) is 237 Å². The zero-order chi connectivity index (χ0) is 53.4. The van der Waals surface area contributed by atoms with Crippen molar-refractivity contribution >= 4 is 0 Å². The van der Waals surface area contributed by atoms with E-state index in [-0.39, 0.29) is 5.41 Å². The summed E-state index contributed by atoms with van der Waals surface area (Å²) >= 11 is 0. The number of rotatable bonds is 11. The van der Waals surface area contributed by atoms with Crippen LogP contribution in [0.25, 0.3) is 123 Å². The predicted octanol–water partition coefficient (Wildman–Crippen LogP) is 19.8. The topological polar surface area (TPSA) is 38.7 Å². The Bertz CT molecular complexity index is 4280. The molecule has 3 heterocycles. The summed E-state index contributed by atoms with van der Waals surface area (Å²) in [6, 6.07) is 92.1. The highest BCUT2D eigenvalue weighted by molar-refractivity contribution is 5.98. The smallest absolute Gasteiger partial charge is 0.0708 e. The van der Waals surface area contributed by atoms with E-state index >= 15 is 0 Å². The normalized spacial score (nSPS) is 18.6. The fraction of sp³-hybridized carbons (Fsp3) is 0.0641. The van der Waals surface area contributed by atoms with Gasteiger partial charge in [0.05, 0.1) is 17.1 Å². The van der Waals surface area contributed by atoms with Gasteiger partial charge in [-0.3, -0.25) is 15.0 Å². The van der Waals surface area contributed by atoms with E-state index in [1.807, 2.05) is 0 Å². The highest BCUT2D eigenvalue weighted by Crippen LogP contribution is 2.78. The number of benzene rings is 9. The Morgan fingerprint density at radius 3 is 1.15 bits per heavy atom. The monoisotopic (exact) mass is 1030 g/mol. The molecule has 12 aromatic rings. The van der Waals surface area contributed by atoms with Gasteiger partial charge in [-0.2, -0.15) is 0 Å². The summed E-state index contributed by atoms with van der Waals surface area (Å²) in [5.74, 6) is 2.59. The lowest BCUT2D eigenvalue weighted by molar-refractivity contribution is 0.322. The van der Waals surface area contributed by atoms with E-state index < -0.39 is 0 Å². The van der Waals surface area contributed by atoms with Crippen molar-refractivity contribution in [1.29, 1.82) is 0 Å². The molecule has 0 saturated heterocycles. The van der Waals surface area contributed by atoms with Crippen molar-refractivity contribution in [2.75, 3.05) is 0 Å². The molecule has 4 aliphatic carbocycles. The van der Waals surface area contributed by atoms with Crippen LogP contribution in [0, 0.1) is 17.3 Å². The molecule has 9 aromatic carbocycles. The Morgan fingerprint density at radius 2 is 0.679 bits per heavy atom. The van der Waals surface area contributed by atoms with E-state index in [0.717, 1.165) is 123 Å². The quantitative estimate of drug-likeness (QED) is 0.121. The second-order valence-electron chi connectivity index (χ2n) is 22.2. The van der Waals surface area contributed by atoms with Crippen LogP contribution < -0.4 is 0 Å². The molecule has 81 heavy (non-hydrogen) atoms. The lowest BCUT2D eigenvalue weighted by atomic mass is 9.57. The van der Waals surface area contributed by atoms with E-state index in [4.69, 9.17) is 15.0 Å². The molecule has 5 unspecified atom stereocenters. The van der Waals surface area contributed by atoms with Gasteiger partial charge in [-0.05, 0) is 144 Å². The van der Waals surface area contributed by atoms with Crippen LogP contribution in [-0.4, -0.2) is 15.0 Å². The van der Waals surface area contributed by atoms with Crippen LogP contribution >= 0.6 is 0 Å². The summed E-state index contributed by atoms with van der Waals surface area (Å²) in [7, 11) is 0. The largest absolute Gasteiger partial charge is 0.256 e. The first-order chi connectivity index (χ1) is 40.1. The molecule has 0 bridgehead atoms. The first-order valence-electron chi connectivity index (χ1n) is 28.3. The zero-order valence-electron chi connectivity index (χ0n) is 44.4. The molecule has 3 nitrogen and oxygen atoms in total. The molecular weight excluding hydrogens is 979 g/mol. The first kappa shape index (κ1) is 47.0. The van der Waals surface area contributed by atoms with Gasteiger partial charge in [0.15, 0.2) is 0 Å². The fourth-order valence-corrected chi connectivity index (χ4v) is 13.9. The third kappa shape index (κ3) is 7.91. The summed E-state index contributed by atoms with van der Waals surface area (Å²) in [5, 5.41) is 0. The highest BCUT2D eigenvalue weighted by atomic mass is 14.7. The number of nitrogens with zero attached hydrogens (tertiary/aromatic N) is 3. The molecule has 1 fully saturated rings. The van der Waals surface area contributed by atoms with Crippen LogP contribution in [-0.2, 0) is 0 Å². The number of fused-ring (bicyclic) bond motifs is 4. The molecule has 0 amide bonds. The minimum absolute atomic E-state index is 0.232. The van der Waals surface area contributed by atoms with Gasteiger partial charge >= 0.3 is 0 Å². The third-order valence-corrected chi connectivity index (χ3v) is 17.9. The molecule has 0 N–H and O–H groups in total. The highest BCUT2D eigenvalue weighted by Gasteiger charge is 2.69. The maximum atomic E-state index is 5.24. The van der Waals surface area contributed by atoms with Crippen LogP contribution in [0.2, 0.25) is 0 Å². The van der Waals surface area contributed by atoms with Gasteiger partial charge in [0, 0.05) is 63.3 Å². The second kappa shape index (κ2) is 19.1. The van der Waals surface area contributed by atoms with Crippen molar-refractivity contribution < 1.29 is 0 Å². The van der Waals surface area contributed by atoms with Crippen LogP contribution in [0.1, 0.15) is 23.0 Å². The molecule has 16 rings (SSSR count). The van der Waals surface area contributed by atoms with Crippen molar-refractivity contribution in [3.63, 3.8) is 0 Å². The van der Waals surface area contributed by atoms with Crippen molar-refractivity contribution in [2.45, 2.75) is 11.8 Å². The average Bonchev–Trinajstić information content (AvgIpc) is 1.98. The van der Waals surface area contributed by atoms with Crippen LogP contribution in [0.15, 0.2) is 298 Å². The van der Waals surface area contributed by atoms with E-state index in [9.17, 15) is 0 Å². The Hall–Kier alpha value is -10.1. The summed E-state index contributed by atoms with van der Waals surface area (Å²) < 4.78 is 0. The number of aromatic nitrogens is 3. The molecule has 1 saturated carbocycles. The van der Waals surface area contributed by atoms with Gasteiger partial charge in [0.1, 0.15) is 0 Å². The Morgan fingerprint density at radius 1 is 0.259 bits per heavy atom. The van der Waals surface area contributed by atoms with Gasteiger partial charge in [-0.25, -0.2) is 0 Å². The summed E-state index contributed by atoms with van der Waals surface area (Å²) in [5.41, 5.74) is 27.2. The molecule has 3 heteroatoms. The second-order valence-corrected chi connectivity index (χ2v) is 22.2. The Kier molecular flexibility index (Phi) is 11.1. The van der Waals surface area contributed by atoms with E-state index in [2.05, 4.69) is 298 Å². The minimum atomic E-state index is 0.232. The maximum Gasteiger partial charge on any atom is 0.0708 e. The molecule has 3 aromatic heterocycles. The fourth-order valence-electron chi connectivity index (χ4n) is 13.9. The van der Waals surface area contributed by atoms with Gasteiger partial charge in [0.2, 0.25) is 0 Å². The van der Waals surface area contributed by atoms with Gasteiger partial charge in [-0.15, -0.1) is 0 Å². The Labute approximate surface area is 473 Å². The van der Waals surface area contributed by atoms with Crippen LogP contribution in [0.4, 0.5) is 0 Å². The minimum Gasteiger partial charge on any atom is -0.256 e. The van der Waals surface area contributed by atoms with Crippen molar-refractivity contribution in [3.05, 3.63) is 309 Å². The summed E-state index contributed by atoms with van der Waals surface area (Å²) in [4.78, 5) is 15.6. The van der Waals surface area contributed by atoms with Crippen molar-refractivity contribution in [2.24, 2.45) is 17.3 Å². The molecule has 0 radical (unpaired) electrons. The SMILES string of the molecule is C1=CC23C=CC2c2cc(-c4ccc(-c5ccccc5-c5cc(-c6ccccc6-c6cnc(-c7ccccc7)cc6-c6ccccc6)cc(-c6ccccc6-c6cnc(-c7ccccc7)cc6-c6ccccc6)c5)cn4)ccc2C2C1C23. The number of allylic oxidation sites excluding steroid dienone is 4. The molecule has 5 atom stereocenters. The molecule has 4 aliphatic rings. The Balaban J connectivity index is 0.857. The summed E-state index contributed by atoms with van der Waals surface area (Å²) in [6.07, 6.45) is 16.1. The van der Waals surface area contributed by atoms with E-state index in [1.165, 1.54) is 11.1 Å². The van der Waals surface area contributed by atoms with E-state index in [1.54, 1.807) is 5.56 Å².